The molecule has 0 aliphatic heterocycles. The van der Waals surface area contributed by atoms with Gasteiger partial charge in [0.05, 0.1) is 18.3 Å². The van der Waals surface area contributed by atoms with E-state index in [1.807, 2.05) is 0 Å². The fourth-order valence-corrected chi connectivity index (χ4v) is 3.99. The van der Waals surface area contributed by atoms with E-state index in [0.717, 1.165) is 17.4 Å². The third-order valence-electron chi connectivity index (χ3n) is 4.48. The average molecular weight is 467 g/mol. The molecule has 1 amide bonds. The summed E-state index contributed by atoms with van der Waals surface area (Å²) in [6.07, 6.45) is 1.46. The van der Waals surface area contributed by atoms with Gasteiger partial charge in [0.15, 0.2) is 12.0 Å². The molecule has 0 aliphatic rings. The molecule has 33 heavy (non-hydrogen) atoms. The second-order valence-corrected chi connectivity index (χ2v) is 7.53. The number of hydrogen-bond acceptors (Lipinski definition) is 9. The molecule has 1 aromatic carbocycles. The molecular formula is C23H17NO8S. The van der Waals surface area contributed by atoms with Crippen molar-refractivity contribution < 1.29 is 32.7 Å². The molecule has 0 bridgehead atoms. The molecule has 0 fully saturated rings. The molecule has 0 saturated heterocycles. The topological polar surface area (TPSA) is 125 Å². The van der Waals surface area contributed by atoms with Gasteiger partial charge in [-0.3, -0.25) is 9.59 Å². The molecule has 0 radical (unpaired) electrons. The van der Waals surface area contributed by atoms with Crippen molar-refractivity contribution in [2.24, 2.45) is 0 Å². The van der Waals surface area contributed by atoms with Crippen LogP contribution >= 0.6 is 11.3 Å². The van der Waals surface area contributed by atoms with E-state index in [9.17, 15) is 19.2 Å². The molecule has 9 nitrogen and oxygen atoms in total. The number of hydrogen-bond donors (Lipinski definition) is 1. The number of anilines is 1. The first-order valence-electron chi connectivity index (χ1n) is 9.80. The highest BCUT2D eigenvalue weighted by atomic mass is 32.1. The van der Waals surface area contributed by atoms with Gasteiger partial charge in [-0.2, -0.15) is 0 Å². The predicted octanol–water partition coefficient (Wildman–Crippen LogP) is 4.09. The van der Waals surface area contributed by atoms with Crippen LogP contribution in [0.5, 0.6) is 0 Å². The minimum Gasteiger partial charge on any atom is -0.464 e. The lowest BCUT2D eigenvalue weighted by atomic mass is 10.1. The largest absolute Gasteiger partial charge is 0.464 e. The molecule has 4 rings (SSSR count). The number of furan rings is 1. The summed E-state index contributed by atoms with van der Waals surface area (Å²) in [7, 11) is 0. The van der Waals surface area contributed by atoms with Crippen LogP contribution < -0.4 is 10.7 Å². The summed E-state index contributed by atoms with van der Waals surface area (Å²) in [6.45, 7) is 1.15. The quantitative estimate of drug-likeness (QED) is 0.403. The second kappa shape index (κ2) is 9.53. The van der Waals surface area contributed by atoms with Gasteiger partial charge < -0.3 is 23.6 Å². The van der Waals surface area contributed by atoms with Crippen molar-refractivity contribution in [1.29, 1.82) is 0 Å². The Morgan fingerprint density at radius 2 is 1.88 bits per heavy atom. The third kappa shape index (κ3) is 4.70. The maximum absolute atomic E-state index is 12.5. The minimum absolute atomic E-state index is 0.136. The number of fused-ring (bicyclic) bond motifs is 1. The fraction of sp³-hybridized carbons (Fsp3) is 0.130. The molecule has 168 valence electrons. The number of carbonyl (C=O) groups excluding carboxylic acids is 3. The van der Waals surface area contributed by atoms with Crippen LogP contribution in [0.2, 0.25) is 0 Å². The van der Waals surface area contributed by atoms with E-state index < -0.39 is 29.9 Å². The van der Waals surface area contributed by atoms with Gasteiger partial charge in [0, 0.05) is 17.0 Å². The van der Waals surface area contributed by atoms with Gasteiger partial charge in [-0.15, -0.1) is 11.3 Å². The number of amides is 1. The van der Waals surface area contributed by atoms with Crippen LogP contribution in [0.4, 0.5) is 5.00 Å². The van der Waals surface area contributed by atoms with E-state index in [4.69, 9.17) is 18.3 Å². The first-order valence-corrected chi connectivity index (χ1v) is 10.7. The molecule has 3 heterocycles. The summed E-state index contributed by atoms with van der Waals surface area (Å²) in [5.74, 6) is -2.18. The van der Waals surface area contributed by atoms with E-state index in [-0.39, 0.29) is 28.5 Å². The number of thiophene rings is 1. The fourth-order valence-electron chi connectivity index (χ4n) is 3.04. The first-order chi connectivity index (χ1) is 16.0. The summed E-state index contributed by atoms with van der Waals surface area (Å²) in [5.41, 5.74) is 0.423. The van der Waals surface area contributed by atoms with E-state index >= 15 is 0 Å². The van der Waals surface area contributed by atoms with Crippen molar-refractivity contribution in [3.05, 3.63) is 75.7 Å². The summed E-state index contributed by atoms with van der Waals surface area (Å²) >= 11 is 1.10. The zero-order valence-corrected chi connectivity index (χ0v) is 18.1. The van der Waals surface area contributed by atoms with E-state index in [0.29, 0.717) is 16.7 Å². The lowest BCUT2D eigenvalue weighted by Crippen LogP contribution is -2.22. The summed E-state index contributed by atoms with van der Waals surface area (Å²) in [5, 5.41) is 4.74. The van der Waals surface area contributed by atoms with Crippen molar-refractivity contribution in [1.82, 2.24) is 0 Å². The van der Waals surface area contributed by atoms with Gasteiger partial charge >= 0.3 is 11.9 Å². The lowest BCUT2D eigenvalue weighted by Gasteiger charge is -2.08. The molecule has 0 aliphatic carbocycles. The van der Waals surface area contributed by atoms with Crippen LogP contribution in [0.15, 0.2) is 67.7 Å². The minimum atomic E-state index is -0.971. The van der Waals surface area contributed by atoms with Crippen molar-refractivity contribution in [3.8, 4) is 11.3 Å². The normalized spacial score (nSPS) is 10.7. The summed E-state index contributed by atoms with van der Waals surface area (Å²) in [6, 6.07) is 10.8. The molecule has 4 aromatic rings. The van der Waals surface area contributed by atoms with Gasteiger partial charge in [-0.25, -0.2) is 9.59 Å². The highest BCUT2D eigenvalue weighted by Gasteiger charge is 2.24. The van der Waals surface area contributed by atoms with Gasteiger partial charge in [0.1, 0.15) is 21.9 Å². The molecule has 0 spiro atoms. The van der Waals surface area contributed by atoms with Crippen molar-refractivity contribution >= 4 is 45.2 Å². The zero-order valence-electron chi connectivity index (χ0n) is 17.3. The van der Waals surface area contributed by atoms with E-state index in [2.05, 4.69) is 5.32 Å². The molecule has 0 unspecified atom stereocenters. The first kappa shape index (κ1) is 22.0. The number of ether oxygens (including phenoxy) is 2. The number of carbonyl (C=O) groups is 3. The van der Waals surface area contributed by atoms with Crippen molar-refractivity contribution in [2.45, 2.75) is 6.92 Å². The standard InChI is InChI=1S/C23H17NO8S/c1-2-29-23(28)20-14(16-8-5-9-30-16)12-33-21(20)24-19(26)11-31-22(27)18-10-15(25)13-6-3-4-7-17(13)32-18/h3-10,12H,2,11H2,1H3,(H,24,26). The summed E-state index contributed by atoms with van der Waals surface area (Å²) in [4.78, 5) is 49.3. The zero-order chi connectivity index (χ0) is 23.4. The van der Waals surface area contributed by atoms with Crippen molar-refractivity contribution in [3.63, 3.8) is 0 Å². The lowest BCUT2D eigenvalue weighted by molar-refractivity contribution is -0.119. The van der Waals surface area contributed by atoms with Crippen LogP contribution in [0, 0.1) is 0 Å². The Morgan fingerprint density at radius 3 is 2.64 bits per heavy atom. The Morgan fingerprint density at radius 1 is 1.06 bits per heavy atom. The number of benzene rings is 1. The SMILES string of the molecule is CCOC(=O)c1c(-c2ccco2)csc1NC(=O)COC(=O)c1cc(=O)c2ccccc2o1. The van der Waals surface area contributed by atoms with Gasteiger partial charge in [0.2, 0.25) is 5.76 Å². The maximum Gasteiger partial charge on any atom is 0.374 e. The molecule has 3 aromatic heterocycles. The van der Waals surface area contributed by atoms with Crippen LogP contribution in [0.3, 0.4) is 0 Å². The molecule has 0 saturated carbocycles. The highest BCUT2D eigenvalue weighted by Crippen LogP contribution is 2.36. The van der Waals surface area contributed by atoms with Crippen LogP contribution in [0.25, 0.3) is 22.3 Å². The predicted molar refractivity (Wildman–Crippen MR) is 119 cm³/mol. The monoisotopic (exact) mass is 467 g/mol. The third-order valence-corrected chi connectivity index (χ3v) is 5.38. The van der Waals surface area contributed by atoms with Crippen LogP contribution in [-0.4, -0.2) is 31.1 Å². The molecule has 0 atom stereocenters. The van der Waals surface area contributed by atoms with E-state index in [1.54, 1.807) is 48.7 Å². The van der Waals surface area contributed by atoms with Crippen LogP contribution in [0.1, 0.15) is 27.8 Å². The summed E-state index contributed by atoms with van der Waals surface area (Å²) < 4.78 is 20.8. The Hall–Kier alpha value is -4.18. The smallest absolute Gasteiger partial charge is 0.374 e. The molecule has 10 heteroatoms. The number of nitrogens with one attached hydrogen (secondary N) is 1. The van der Waals surface area contributed by atoms with Gasteiger partial charge in [-0.05, 0) is 31.2 Å². The number of para-hydroxylation sites is 1. The highest BCUT2D eigenvalue weighted by molar-refractivity contribution is 7.15. The number of esters is 2. The van der Waals surface area contributed by atoms with E-state index in [1.165, 1.54) is 6.26 Å². The second-order valence-electron chi connectivity index (χ2n) is 6.65. The Bertz CT molecular complexity index is 1380. The molecular weight excluding hydrogens is 450 g/mol. The molecule has 1 N–H and O–H groups in total. The van der Waals surface area contributed by atoms with Gasteiger partial charge in [-0.1, -0.05) is 12.1 Å². The Kier molecular flexibility index (Phi) is 6.36. The number of rotatable bonds is 7. The van der Waals surface area contributed by atoms with Gasteiger partial charge in [0.25, 0.3) is 5.91 Å². The maximum atomic E-state index is 12.5. The van der Waals surface area contributed by atoms with Crippen LogP contribution in [-0.2, 0) is 14.3 Å². The Labute approximate surface area is 190 Å². The average Bonchev–Trinajstić information content (AvgIpc) is 3.47. The van der Waals surface area contributed by atoms with Crippen molar-refractivity contribution in [2.75, 3.05) is 18.5 Å². The Balaban J connectivity index is 1.47.